The summed E-state index contributed by atoms with van der Waals surface area (Å²) in [4.78, 5) is 21.2. The monoisotopic (exact) mass is 594 g/mol. The lowest BCUT2D eigenvalue weighted by Crippen LogP contribution is -2.07. The highest BCUT2D eigenvalue weighted by atomic mass is 32.1. The highest BCUT2D eigenvalue weighted by Gasteiger charge is 2.09. The van der Waals surface area contributed by atoms with Crippen molar-refractivity contribution in [3.05, 3.63) is 42.0 Å². The first kappa shape index (κ1) is 33.6. The van der Waals surface area contributed by atoms with Crippen LogP contribution < -0.4 is 9.47 Å². The van der Waals surface area contributed by atoms with Gasteiger partial charge < -0.3 is 14.6 Å². The number of fused-ring (bicyclic) bond motifs is 1. The van der Waals surface area contributed by atoms with Gasteiger partial charge in [0.2, 0.25) is 5.13 Å². The van der Waals surface area contributed by atoms with Crippen molar-refractivity contribution in [1.82, 2.24) is 4.98 Å². The van der Waals surface area contributed by atoms with Gasteiger partial charge in [-0.05, 0) is 43.7 Å². The predicted molar refractivity (Wildman–Crippen MR) is 176 cm³/mol. The van der Waals surface area contributed by atoms with E-state index in [1.807, 2.05) is 25.1 Å². The molecule has 0 saturated heterocycles. The molecular formula is C35H50N2O4S. The number of phenols is 1. The molecule has 0 saturated carbocycles. The van der Waals surface area contributed by atoms with Gasteiger partial charge in [-0.1, -0.05) is 115 Å². The van der Waals surface area contributed by atoms with E-state index in [1.165, 1.54) is 107 Å². The fourth-order valence-corrected chi connectivity index (χ4v) is 5.86. The summed E-state index contributed by atoms with van der Waals surface area (Å²) >= 11 is 1.45. The molecule has 0 atom stereocenters. The van der Waals surface area contributed by atoms with Crippen LogP contribution in [0, 0.1) is 0 Å². The Morgan fingerprint density at radius 3 is 2.00 bits per heavy atom. The second-order valence-corrected chi connectivity index (χ2v) is 12.1. The Morgan fingerprint density at radius 1 is 0.810 bits per heavy atom. The first-order chi connectivity index (χ1) is 20.6. The van der Waals surface area contributed by atoms with Crippen LogP contribution in [-0.4, -0.2) is 28.9 Å². The summed E-state index contributed by atoms with van der Waals surface area (Å²) in [6, 6.07) is 10.6. The van der Waals surface area contributed by atoms with Crippen LogP contribution in [-0.2, 0) is 4.79 Å². The molecule has 3 aromatic rings. The maximum atomic E-state index is 12.3. The average Bonchev–Trinajstić information content (AvgIpc) is 3.39. The van der Waals surface area contributed by atoms with Gasteiger partial charge >= 0.3 is 5.97 Å². The number of hydrogen-bond acceptors (Lipinski definition) is 7. The fourth-order valence-electron chi connectivity index (χ4n) is 5.03. The van der Waals surface area contributed by atoms with Gasteiger partial charge in [0.15, 0.2) is 0 Å². The maximum Gasteiger partial charge on any atom is 0.311 e. The van der Waals surface area contributed by atoms with Crippen molar-refractivity contribution in [3.8, 4) is 17.2 Å². The predicted octanol–water partition coefficient (Wildman–Crippen LogP) is 10.7. The minimum absolute atomic E-state index is 0.00574. The number of hydrogen-bond donors (Lipinski definition) is 1. The van der Waals surface area contributed by atoms with Crippen LogP contribution >= 0.6 is 11.3 Å². The molecule has 2 aromatic carbocycles. The molecule has 42 heavy (non-hydrogen) atoms. The molecule has 0 aliphatic carbocycles. The Morgan fingerprint density at radius 2 is 1.40 bits per heavy atom. The van der Waals surface area contributed by atoms with Crippen molar-refractivity contribution in [1.29, 1.82) is 0 Å². The third-order valence-electron chi connectivity index (χ3n) is 7.44. The summed E-state index contributed by atoms with van der Waals surface area (Å²) < 4.78 is 12.0. The number of ether oxygens (including phenoxy) is 2. The molecule has 230 valence electrons. The topological polar surface area (TPSA) is 81.0 Å². The summed E-state index contributed by atoms with van der Waals surface area (Å²) in [5, 5.41) is 11.0. The number of unbranched alkanes of at least 4 members (excludes halogenated alkanes) is 15. The van der Waals surface area contributed by atoms with Gasteiger partial charge in [-0.2, -0.15) is 0 Å². The minimum Gasteiger partial charge on any atom is -0.507 e. The van der Waals surface area contributed by atoms with Crippen LogP contribution in [0.15, 0.2) is 41.4 Å². The summed E-state index contributed by atoms with van der Waals surface area (Å²) in [5.74, 6) is 0.893. The van der Waals surface area contributed by atoms with E-state index < -0.39 is 0 Å². The van der Waals surface area contributed by atoms with Gasteiger partial charge in [-0.3, -0.25) is 4.79 Å². The number of thiazole rings is 1. The average molecular weight is 595 g/mol. The number of phenolic OH excluding ortho intramolecular Hbond substituents is 1. The number of benzene rings is 2. The van der Waals surface area contributed by atoms with Crippen molar-refractivity contribution < 1.29 is 19.4 Å². The maximum absolute atomic E-state index is 12.3. The van der Waals surface area contributed by atoms with Crippen LogP contribution in [0.5, 0.6) is 17.2 Å². The molecule has 0 aliphatic heterocycles. The molecule has 0 aliphatic rings. The van der Waals surface area contributed by atoms with Crippen molar-refractivity contribution in [2.45, 2.75) is 123 Å². The highest BCUT2D eigenvalue weighted by Crippen LogP contribution is 2.31. The number of carbonyl (C=O) groups excluding carboxylic acids is 1. The van der Waals surface area contributed by atoms with Crippen molar-refractivity contribution in [2.24, 2.45) is 4.99 Å². The van der Waals surface area contributed by atoms with Crippen LogP contribution in [0.1, 0.15) is 129 Å². The van der Waals surface area contributed by atoms with E-state index in [4.69, 9.17) is 9.47 Å². The summed E-state index contributed by atoms with van der Waals surface area (Å²) in [7, 11) is 0. The smallest absolute Gasteiger partial charge is 0.311 e. The Bertz CT molecular complexity index is 1220. The zero-order chi connectivity index (χ0) is 29.8. The number of aromatic hydroxyl groups is 1. The van der Waals surface area contributed by atoms with Crippen LogP contribution in [0.4, 0.5) is 5.13 Å². The summed E-state index contributed by atoms with van der Waals surface area (Å²) in [6.07, 6.45) is 22.8. The molecule has 1 N–H and O–H groups in total. The zero-order valence-electron chi connectivity index (χ0n) is 25.7. The molecule has 1 heterocycles. The van der Waals surface area contributed by atoms with Gasteiger partial charge in [0.25, 0.3) is 0 Å². The molecule has 0 bridgehead atoms. The second-order valence-electron chi connectivity index (χ2n) is 11.1. The van der Waals surface area contributed by atoms with Gasteiger partial charge in [0.05, 0.1) is 16.8 Å². The van der Waals surface area contributed by atoms with E-state index in [-0.39, 0.29) is 11.7 Å². The summed E-state index contributed by atoms with van der Waals surface area (Å²) in [6.45, 7) is 4.84. The molecule has 3 rings (SSSR count). The molecule has 0 amide bonds. The van der Waals surface area contributed by atoms with Gasteiger partial charge in [-0.15, -0.1) is 0 Å². The van der Waals surface area contributed by atoms with E-state index in [2.05, 4.69) is 16.9 Å². The number of carbonyl (C=O) groups is 1. The lowest BCUT2D eigenvalue weighted by molar-refractivity contribution is -0.134. The van der Waals surface area contributed by atoms with E-state index in [0.717, 1.165) is 28.8 Å². The highest BCUT2D eigenvalue weighted by molar-refractivity contribution is 7.22. The van der Waals surface area contributed by atoms with Crippen LogP contribution in [0.25, 0.3) is 10.2 Å². The quantitative estimate of drug-likeness (QED) is 0.0541. The Hall–Kier alpha value is -2.93. The number of rotatable bonds is 22. The SMILES string of the molecule is CCCCCCCCCCCCCCCCCCC(=O)Oc1ccc(/C=N/c2nc3ccc(OCC)cc3s2)c(O)c1. The lowest BCUT2D eigenvalue weighted by Gasteiger charge is -2.06. The fraction of sp³-hybridized carbons (Fsp3) is 0.571. The second kappa shape index (κ2) is 20.1. The van der Waals surface area contributed by atoms with E-state index in [0.29, 0.717) is 29.5 Å². The van der Waals surface area contributed by atoms with Gasteiger partial charge in [0.1, 0.15) is 17.2 Å². The van der Waals surface area contributed by atoms with Crippen molar-refractivity contribution in [3.63, 3.8) is 0 Å². The third-order valence-corrected chi connectivity index (χ3v) is 8.37. The first-order valence-corrected chi connectivity index (χ1v) is 17.0. The Kier molecular flexibility index (Phi) is 16.0. The molecular weight excluding hydrogens is 544 g/mol. The molecule has 0 spiro atoms. The Labute approximate surface area is 256 Å². The van der Waals surface area contributed by atoms with E-state index in [9.17, 15) is 9.90 Å². The van der Waals surface area contributed by atoms with Crippen LogP contribution in [0.2, 0.25) is 0 Å². The normalized spacial score (nSPS) is 11.5. The summed E-state index contributed by atoms with van der Waals surface area (Å²) in [5.41, 5.74) is 1.38. The molecule has 7 heteroatoms. The van der Waals surface area contributed by atoms with E-state index >= 15 is 0 Å². The molecule has 0 fully saturated rings. The largest absolute Gasteiger partial charge is 0.507 e. The third kappa shape index (κ3) is 12.9. The van der Waals surface area contributed by atoms with Gasteiger partial charge in [-0.25, -0.2) is 9.98 Å². The van der Waals surface area contributed by atoms with E-state index in [1.54, 1.807) is 18.3 Å². The van der Waals surface area contributed by atoms with Crippen molar-refractivity contribution in [2.75, 3.05) is 6.61 Å². The first-order valence-electron chi connectivity index (χ1n) is 16.2. The van der Waals surface area contributed by atoms with Gasteiger partial charge in [0, 0.05) is 24.3 Å². The molecule has 0 unspecified atom stereocenters. The zero-order valence-corrected chi connectivity index (χ0v) is 26.6. The standard InChI is InChI=1S/C35H50N2O4S/c1-3-5-6-7-8-9-10-11-12-13-14-15-16-17-18-19-20-34(39)41-30-22-21-28(32(38)25-30)27-36-35-37-31-24-23-29(40-4-2)26-33(31)42-35/h21-27,38H,3-20H2,1-2H3/b36-27+. The molecule has 0 radical (unpaired) electrons. The minimum atomic E-state index is -0.262. The number of aromatic nitrogens is 1. The van der Waals surface area contributed by atoms with Crippen LogP contribution in [0.3, 0.4) is 0 Å². The number of esters is 1. The number of nitrogens with zero attached hydrogens (tertiary/aromatic N) is 2. The Balaban J connectivity index is 1.24. The lowest BCUT2D eigenvalue weighted by atomic mass is 10.0. The molecule has 6 nitrogen and oxygen atoms in total. The number of aliphatic imine (C=N–C) groups is 1. The van der Waals surface area contributed by atoms with Crippen molar-refractivity contribution >= 4 is 38.9 Å². The molecule has 1 aromatic heterocycles.